The number of halogens is 1. The van der Waals surface area contributed by atoms with Gasteiger partial charge >= 0.3 is 0 Å². The molecule has 0 atom stereocenters. The second-order valence-corrected chi connectivity index (χ2v) is 8.65. The van der Waals surface area contributed by atoms with Crippen LogP contribution in [0.2, 0.25) is 5.02 Å². The fourth-order valence-corrected chi connectivity index (χ4v) is 4.60. The molecular formula is C28H30ClNO. The lowest BCUT2D eigenvalue weighted by Gasteiger charge is -2.27. The van der Waals surface area contributed by atoms with Crippen LogP contribution in [-0.2, 0) is 6.54 Å². The maximum Gasteiger partial charge on any atom is 0.124 e. The number of likely N-dealkylation sites (tertiary alicyclic amines) is 1. The summed E-state index contributed by atoms with van der Waals surface area (Å²) in [7, 11) is 1.74. The van der Waals surface area contributed by atoms with E-state index in [0.717, 1.165) is 41.5 Å². The van der Waals surface area contributed by atoms with Crippen LogP contribution in [0.4, 0.5) is 0 Å². The average Bonchev–Trinajstić information content (AvgIpc) is 2.80. The van der Waals surface area contributed by atoms with Gasteiger partial charge in [-0.05, 0) is 72.8 Å². The molecule has 0 saturated carbocycles. The second-order valence-electron chi connectivity index (χ2n) is 8.24. The van der Waals surface area contributed by atoms with Crippen molar-refractivity contribution < 1.29 is 4.74 Å². The third kappa shape index (κ3) is 5.20. The number of rotatable bonds is 6. The van der Waals surface area contributed by atoms with E-state index in [4.69, 9.17) is 16.3 Å². The van der Waals surface area contributed by atoms with Crippen molar-refractivity contribution in [1.82, 2.24) is 4.90 Å². The molecule has 3 aromatic carbocycles. The number of hydrogen-bond acceptors (Lipinski definition) is 2. The summed E-state index contributed by atoms with van der Waals surface area (Å²) >= 11 is 6.68. The highest BCUT2D eigenvalue weighted by Gasteiger charge is 2.15. The Morgan fingerprint density at radius 3 is 2.39 bits per heavy atom. The second kappa shape index (κ2) is 10.2. The molecule has 1 fully saturated rings. The molecule has 0 radical (unpaired) electrons. The standard InChI is InChI=1S/C28H30ClNO/c1-21-22(12-9-13-26(21)23-10-5-3-6-11-23)14-15-24-19-28(31-2)25(18-27(24)29)20-30-16-7-4-8-17-30/h3,5-6,9-15,18-19H,4,7-8,16-17,20H2,1-2H3/b15-14+. The zero-order valence-corrected chi connectivity index (χ0v) is 19.2. The molecular weight excluding hydrogens is 402 g/mol. The largest absolute Gasteiger partial charge is 0.496 e. The van der Waals surface area contributed by atoms with Gasteiger partial charge in [-0.3, -0.25) is 4.90 Å². The molecule has 0 unspecified atom stereocenters. The van der Waals surface area contributed by atoms with Crippen molar-refractivity contribution in [2.45, 2.75) is 32.7 Å². The Hall–Kier alpha value is -2.55. The van der Waals surface area contributed by atoms with Crippen molar-refractivity contribution in [3.63, 3.8) is 0 Å². The van der Waals surface area contributed by atoms with Gasteiger partial charge in [-0.2, -0.15) is 0 Å². The van der Waals surface area contributed by atoms with E-state index < -0.39 is 0 Å². The molecule has 31 heavy (non-hydrogen) atoms. The van der Waals surface area contributed by atoms with Gasteiger partial charge in [0.25, 0.3) is 0 Å². The number of piperidine rings is 1. The Labute approximate surface area is 191 Å². The first-order valence-electron chi connectivity index (χ1n) is 11.1. The summed E-state index contributed by atoms with van der Waals surface area (Å²) in [4.78, 5) is 2.49. The molecule has 0 aromatic heterocycles. The first-order valence-corrected chi connectivity index (χ1v) is 11.5. The van der Waals surface area contributed by atoms with Crippen LogP contribution in [0.15, 0.2) is 60.7 Å². The van der Waals surface area contributed by atoms with Gasteiger partial charge in [0.15, 0.2) is 0 Å². The third-order valence-corrected chi connectivity index (χ3v) is 6.47. The van der Waals surface area contributed by atoms with Gasteiger partial charge in [-0.15, -0.1) is 0 Å². The van der Waals surface area contributed by atoms with Crippen LogP contribution < -0.4 is 4.74 Å². The summed E-state index contributed by atoms with van der Waals surface area (Å²) in [5.74, 6) is 0.907. The van der Waals surface area contributed by atoms with E-state index in [2.05, 4.69) is 78.6 Å². The predicted octanol–water partition coefficient (Wildman–Crippen LogP) is 7.48. The van der Waals surface area contributed by atoms with Crippen molar-refractivity contribution in [1.29, 1.82) is 0 Å². The molecule has 1 heterocycles. The van der Waals surface area contributed by atoms with E-state index in [1.54, 1.807) is 7.11 Å². The van der Waals surface area contributed by atoms with Gasteiger partial charge in [-0.25, -0.2) is 0 Å². The van der Waals surface area contributed by atoms with Gasteiger partial charge in [0.1, 0.15) is 5.75 Å². The summed E-state index contributed by atoms with van der Waals surface area (Å²) in [6.45, 7) is 5.37. The predicted molar refractivity (Wildman–Crippen MR) is 133 cm³/mol. The highest BCUT2D eigenvalue weighted by atomic mass is 35.5. The Balaban J connectivity index is 1.59. The molecule has 1 aliphatic heterocycles. The molecule has 1 saturated heterocycles. The molecule has 3 heteroatoms. The van der Waals surface area contributed by atoms with Gasteiger partial charge in [-0.1, -0.05) is 78.7 Å². The minimum absolute atomic E-state index is 0.765. The Bertz CT molecular complexity index is 1050. The van der Waals surface area contributed by atoms with Crippen molar-refractivity contribution in [2.24, 2.45) is 0 Å². The fourth-order valence-electron chi connectivity index (χ4n) is 4.35. The highest BCUT2D eigenvalue weighted by Crippen LogP contribution is 2.31. The number of hydrogen-bond donors (Lipinski definition) is 0. The maximum absolute atomic E-state index is 6.68. The van der Waals surface area contributed by atoms with Crippen LogP contribution in [0.1, 0.15) is 41.5 Å². The molecule has 1 aliphatic rings. The van der Waals surface area contributed by atoms with Gasteiger partial charge in [0.05, 0.1) is 7.11 Å². The summed E-state index contributed by atoms with van der Waals surface area (Å²) in [6, 6.07) is 21.1. The van der Waals surface area contributed by atoms with Crippen molar-refractivity contribution in [2.75, 3.05) is 20.2 Å². The van der Waals surface area contributed by atoms with Crippen LogP contribution in [-0.4, -0.2) is 25.1 Å². The summed E-state index contributed by atoms with van der Waals surface area (Å²) < 4.78 is 5.72. The van der Waals surface area contributed by atoms with Gasteiger partial charge in [0.2, 0.25) is 0 Å². The number of ether oxygens (including phenoxy) is 1. The molecule has 3 aromatic rings. The van der Waals surface area contributed by atoms with Crippen LogP contribution in [0.3, 0.4) is 0 Å². The summed E-state index contributed by atoms with van der Waals surface area (Å²) in [5, 5.41) is 0.765. The van der Waals surface area contributed by atoms with Crippen molar-refractivity contribution in [3.8, 4) is 16.9 Å². The zero-order chi connectivity index (χ0) is 21.6. The first kappa shape index (κ1) is 21.7. The zero-order valence-electron chi connectivity index (χ0n) is 18.4. The van der Waals surface area contributed by atoms with Crippen LogP contribution in [0.5, 0.6) is 5.75 Å². The quantitative estimate of drug-likeness (QED) is 0.375. The molecule has 0 aliphatic carbocycles. The Morgan fingerprint density at radius 1 is 0.903 bits per heavy atom. The summed E-state index contributed by atoms with van der Waals surface area (Å²) in [5.41, 5.74) is 7.07. The van der Waals surface area contributed by atoms with Crippen LogP contribution >= 0.6 is 11.6 Å². The smallest absolute Gasteiger partial charge is 0.124 e. The van der Waals surface area contributed by atoms with E-state index in [-0.39, 0.29) is 0 Å². The number of nitrogens with zero attached hydrogens (tertiary/aromatic N) is 1. The van der Waals surface area contributed by atoms with Crippen molar-refractivity contribution in [3.05, 3.63) is 87.9 Å². The molecule has 2 nitrogen and oxygen atoms in total. The monoisotopic (exact) mass is 431 g/mol. The average molecular weight is 432 g/mol. The Morgan fingerprint density at radius 2 is 1.65 bits per heavy atom. The van der Waals surface area contributed by atoms with Crippen molar-refractivity contribution >= 4 is 23.8 Å². The van der Waals surface area contributed by atoms with Crippen LogP contribution in [0.25, 0.3) is 23.3 Å². The number of benzene rings is 3. The SMILES string of the molecule is COc1cc(/C=C/c2cccc(-c3ccccc3)c2C)c(Cl)cc1CN1CCCCC1. The molecule has 4 rings (SSSR count). The van der Waals surface area contributed by atoms with Gasteiger partial charge < -0.3 is 4.74 Å². The molecule has 0 bridgehead atoms. The lowest BCUT2D eigenvalue weighted by molar-refractivity contribution is 0.218. The lowest BCUT2D eigenvalue weighted by Crippen LogP contribution is -2.29. The highest BCUT2D eigenvalue weighted by molar-refractivity contribution is 6.32. The van der Waals surface area contributed by atoms with E-state index in [9.17, 15) is 0 Å². The Kier molecular flexibility index (Phi) is 7.11. The maximum atomic E-state index is 6.68. The molecule has 0 amide bonds. The normalized spacial score (nSPS) is 14.8. The topological polar surface area (TPSA) is 12.5 Å². The minimum atomic E-state index is 0.765. The first-order chi connectivity index (χ1) is 15.2. The van der Waals surface area contributed by atoms with Gasteiger partial charge in [0, 0.05) is 17.1 Å². The third-order valence-electron chi connectivity index (χ3n) is 6.15. The lowest BCUT2D eigenvalue weighted by atomic mass is 9.96. The van der Waals surface area contributed by atoms with E-state index in [1.165, 1.54) is 41.5 Å². The van der Waals surface area contributed by atoms with Crippen LogP contribution in [0, 0.1) is 6.92 Å². The molecule has 0 spiro atoms. The number of methoxy groups -OCH3 is 1. The van der Waals surface area contributed by atoms with E-state index >= 15 is 0 Å². The molecule has 160 valence electrons. The molecule has 0 N–H and O–H groups in total. The van der Waals surface area contributed by atoms with E-state index in [0.29, 0.717) is 0 Å². The fraction of sp³-hybridized carbons (Fsp3) is 0.286. The van der Waals surface area contributed by atoms with E-state index in [1.807, 2.05) is 6.07 Å². The minimum Gasteiger partial charge on any atom is -0.496 e. The summed E-state index contributed by atoms with van der Waals surface area (Å²) in [6.07, 6.45) is 8.12.